The molecule has 0 saturated heterocycles. The van der Waals surface area contributed by atoms with Crippen LogP contribution in [0.5, 0.6) is 0 Å². The first-order valence-electron chi connectivity index (χ1n) is 5.95. The van der Waals surface area contributed by atoms with Crippen molar-refractivity contribution in [1.82, 2.24) is 5.32 Å². The van der Waals surface area contributed by atoms with Crippen LogP contribution in [0.2, 0.25) is 5.02 Å². The molecular weight excluding hydrogens is 282 g/mol. The Morgan fingerprint density at radius 1 is 1.39 bits per heavy atom. The zero-order chi connectivity index (χ0) is 13.0. The van der Waals surface area contributed by atoms with Gasteiger partial charge in [0.2, 0.25) is 0 Å². The molecule has 1 atom stereocenters. The minimum atomic E-state index is 0.341. The van der Waals surface area contributed by atoms with Gasteiger partial charge in [0.15, 0.2) is 0 Å². The summed E-state index contributed by atoms with van der Waals surface area (Å²) in [6.07, 6.45) is 0. The molecule has 1 heterocycles. The number of rotatable bonds is 5. The molecule has 0 radical (unpaired) electrons. The molecule has 2 aromatic rings. The fourth-order valence-corrected chi connectivity index (χ4v) is 3.76. The van der Waals surface area contributed by atoms with Gasteiger partial charge in [-0.1, -0.05) is 42.4 Å². The number of hydrogen-bond donors (Lipinski definition) is 1. The van der Waals surface area contributed by atoms with E-state index in [-0.39, 0.29) is 0 Å². The molecule has 4 heteroatoms. The maximum atomic E-state index is 6.35. The Morgan fingerprint density at radius 3 is 2.83 bits per heavy atom. The van der Waals surface area contributed by atoms with Gasteiger partial charge in [0.05, 0.1) is 9.23 Å². The Bertz CT molecular complexity index is 497. The van der Waals surface area contributed by atoms with Gasteiger partial charge >= 0.3 is 0 Å². The summed E-state index contributed by atoms with van der Waals surface area (Å²) in [7, 11) is 0. The van der Waals surface area contributed by atoms with Crippen molar-refractivity contribution in [3.8, 4) is 0 Å². The number of nitrogens with one attached hydrogen (secondary N) is 1. The van der Waals surface area contributed by atoms with E-state index in [4.69, 9.17) is 11.6 Å². The molecule has 0 aliphatic carbocycles. The second kappa shape index (κ2) is 6.62. The molecule has 0 spiro atoms. The first-order valence-corrected chi connectivity index (χ1v) is 8.02. The summed E-state index contributed by atoms with van der Waals surface area (Å²) in [6.45, 7) is 5.23. The molecule has 0 saturated carbocycles. The summed E-state index contributed by atoms with van der Waals surface area (Å²) in [6, 6.07) is 10.8. The first-order chi connectivity index (χ1) is 8.70. The number of hydrogen-bond acceptors (Lipinski definition) is 3. The number of halogens is 1. The van der Waals surface area contributed by atoms with Crippen LogP contribution in [0.3, 0.4) is 0 Å². The third kappa shape index (κ3) is 3.51. The highest BCUT2D eigenvalue weighted by atomic mass is 35.5. The zero-order valence-corrected chi connectivity index (χ0v) is 12.8. The largest absolute Gasteiger partial charge is 0.310 e. The fraction of sp³-hybridized carbons (Fsp3) is 0.286. The molecule has 0 aliphatic rings. The average Bonchev–Trinajstić information content (AvgIpc) is 2.85. The van der Waals surface area contributed by atoms with Crippen LogP contribution in [0.15, 0.2) is 44.8 Å². The quantitative estimate of drug-likeness (QED) is 0.811. The van der Waals surface area contributed by atoms with Gasteiger partial charge in [0.25, 0.3) is 0 Å². The molecule has 0 bridgehead atoms. The Hall–Kier alpha value is -0.480. The highest BCUT2D eigenvalue weighted by Gasteiger charge is 2.08. The molecule has 1 aromatic heterocycles. The lowest BCUT2D eigenvalue weighted by molar-refractivity contribution is 0.598. The van der Waals surface area contributed by atoms with E-state index >= 15 is 0 Å². The van der Waals surface area contributed by atoms with Crippen LogP contribution in [0.4, 0.5) is 0 Å². The number of benzene rings is 1. The Morgan fingerprint density at radius 2 is 2.22 bits per heavy atom. The van der Waals surface area contributed by atoms with Gasteiger partial charge in [-0.3, -0.25) is 0 Å². The summed E-state index contributed by atoms with van der Waals surface area (Å²) in [5.74, 6) is 0. The molecule has 0 amide bonds. The standard InChI is InChI=1S/C14H16ClNS2/c1-3-16-10(2)11-6-7-13(12(15)9-11)18-14-5-4-8-17-14/h4-10,16H,3H2,1-2H3. The van der Waals surface area contributed by atoms with Crippen molar-refractivity contribution >= 4 is 34.7 Å². The lowest BCUT2D eigenvalue weighted by Crippen LogP contribution is -2.17. The first kappa shape index (κ1) is 13.9. The van der Waals surface area contributed by atoms with Gasteiger partial charge in [0.1, 0.15) is 0 Å². The topological polar surface area (TPSA) is 12.0 Å². The molecule has 0 aliphatic heterocycles. The van der Waals surface area contributed by atoms with E-state index in [2.05, 4.69) is 54.9 Å². The van der Waals surface area contributed by atoms with E-state index in [0.717, 1.165) is 16.5 Å². The molecule has 1 N–H and O–H groups in total. The molecule has 1 nitrogen and oxygen atoms in total. The van der Waals surface area contributed by atoms with Crippen LogP contribution in [-0.4, -0.2) is 6.54 Å². The van der Waals surface area contributed by atoms with Crippen LogP contribution < -0.4 is 5.32 Å². The molecule has 0 fully saturated rings. The van der Waals surface area contributed by atoms with Crippen molar-refractivity contribution in [3.05, 3.63) is 46.3 Å². The summed E-state index contributed by atoms with van der Waals surface area (Å²) in [5, 5.41) is 6.30. The third-order valence-corrected chi connectivity index (χ3v) is 5.21. The zero-order valence-electron chi connectivity index (χ0n) is 10.4. The smallest absolute Gasteiger partial charge is 0.0646 e. The minimum Gasteiger partial charge on any atom is -0.310 e. The van der Waals surface area contributed by atoms with Crippen molar-refractivity contribution in [2.75, 3.05) is 6.54 Å². The van der Waals surface area contributed by atoms with E-state index in [0.29, 0.717) is 6.04 Å². The second-order valence-electron chi connectivity index (χ2n) is 4.00. The maximum Gasteiger partial charge on any atom is 0.0646 e. The lowest BCUT2D eigenvalue weighted by atomic mass is 10.1. The van der Waals surface area contributed by atoms with Gasteiger partial charge in [-0.2, -0.15) is 0 Å². The Labute approximate surface area is 122 Å². The lowest BCUT2D eigenvalue weighted by Gasteiger charge is -2.14. The molecule has 1 unspecified atom stereocenters. The van der Waals surface area contributed by atoms with Crippen molar-refractivity contribution < 1.29 is 0 Å². The maximum absolute atomic E-state index is 6.35. The monoisotopic (exact) mass is 297 g/mol. The van der Waals surface area contributed by atoms with Gasteiger partial charge in [-0.15, -0.1) is 11.3 Å². The highest BCUT2D eigenvalue weighted by molar-refractivity contribution is 8.01. The average molecular weight is 298 g/mol. The van der Waals surface area contributed by atoms with Crippen molar-refractivity contribution in [3.63, 3.8) is 0 Å². The predicted octanol–water partition coefficient (Wildman–Crippen LogP) is 5.22. The molecule has 2 rings (SSSR count). The molecule has 1 aromatic carbocycles. The van der Waals surface area contributed by atoms with Gasteiger partial charge < -0.3 is 5.32 Å². The van der Waals surface area contributed by atoms with Gasteiger partial charge in [-0.25, -0.2) is 0 Å². The molecule has 96 valence electrons. The van der Waals surface area contributed by atoms with Gasteiger partial charge in [-0.05, 0) is 42.6 Å². The van der Waals surface area contributed by atoms with Crippen LogP contribution in [-0.2, 0) is 0 Å². The van der Waals surface area contributed by atoms with Crippen LogP contribution >= 0.6 is 34.7 Å². The van der Waals surface area contributed by atoms with E-state index in [1.165, 1.54) is 9.77 Å². The molecular formula is C14H16ClNS2. The molecule has 18 heavy (non-hydrogen) atoms. The Balaban J connectivity index is 2.14. The van der Waals surface area contributed by atoms with E-state index < -0.39 is 0 Å². The van der Waals surface area contributed by atoms with E-state index in [1.54, 1.807) is 23.1 Å². The summed E-state index contributed by atoms with van der Waals surface area (Å²) >= 11 is 9.80. The van der Waals surface area contributed by atoms with Crippen LogP contribution in [0, 0.1) is 0 Å². The summed E-state index contributed by atoms with van der Waals surface area (Å²) in [4.78, 5) is 1.12. The van der Waals surface area contributed by atoms with Crippen LogP contribution in [0.1, 0.15) is 25.5 Å². The normalized spacial score (nSPS) is 12.6. The van der Waals surface area contributed by atoms with E-state index in [1.807, 2.05) is 0 Å². The minimum absolute atomic E-state index is 0.341. The van der Waals surface area contributed by atoms with Gasteiger partial charge in [0, 0.05) is 10.9 Å². The SMILES string of the molecule is CCNC(C)c1ccc(Sc2cccs2)c(Cl)c1. The predicted molar refractivity (Wildman–Crippen MR) is 82.0 cm³/mol. The van der Waals surface area contributed by atoms with Crippen molar-refractivity contribution in [1.29, 1.82) is 0 Å². The third-order valence-electron chi connectivity index (χ3n) is 2.67. The number of thiophene rings is 1. The Kier molecular flexibility index (Phi) is 5.13. The second-order valence-corrected chi connectivity index (χ2v) is 6.70. The summed E-state index contributed by atoms with van der Waals surface area (Å²) < 4.78 is 1.27. The van der Waals surface area contributed by atoms with Crippen molar-refractivity contribution in [2.24, 2.45) is 0 Å². The van der Waals surface area contributed by atoms with E-state index in [9.17, 15) is 0 Å². The van der Waals surface area contributed by atoms with Crippen LogP contribution in [0.25, 0.3) is 0 Å². The summed E-state index contributed by atoms with van der Waals surface area (Å²) in [5.41, 5.74) is 1.23. The highest BCUT2D eigenvalue weighted by Crippen LogP contribution is 2.36. The van der Waals surface area contributed by atoms with Crippen molar-refractivity contribution in [2.45, 2.75) is 29.0 Å². The fourth-order valence-electron chi connectivity index (χ4n) is 1.72.